The van der Waals surface area contributed by atoms with Gasteiger partial charge in [-0.3, -0.25) is 4.79 Å². The number of hydrogen-bond donors (Lipinski definition) is 1. The zero-order chi connectivity index (χ0) is 21.8. The van der Waals surface area contributed by atoms with Crippen LogP contribution in [0.15, 0.2) is 59.5 Å². The molecule has 1 saturated carbocycles. The van der Waals surface area contributed by atoms with Gasteiger partial charge in [-0.05, 0) is 55.0 Å². The summed E-state index contributed by atoms with van der Waals surface area (Å²) in [5, 5.41) is 4.88. The minimum absolute atomic E-state index is 0.00788. The summed E-state index contributed by atoms with van der Waals surface area (Å²) in [4.78, 5) is 13.4. The predicted molar refractivity (Wildman–Crippen MR) is 122 cm³/mol. The molecule has 1 N–H and O–H groups in total. The topological polar surface area (TPSA) is 81.4 Å². The third-order valence-corrected chi connectivity index (χ3v) is 6.19. The standard InChI is InChI=1S/C23H23ClN2O4S/c24-18-5-4-6-19(13-18)26-23(27)22(30-20-7-2-1-3-8-20)21(14-25-26)17-11-9-16(10-12-17)15-31(28)29/h4-6,9-14,20H,1-3,7-8,15H2,(H,28,29). The molecule has 0 aliphatic heterocycles. The molecule has 31 heavy (non-hydrogen) atoms. The van der Waals surface area contributed by atoms with Crippen LogP contribution in [0.2, 0.25) is 5.02 Å². The molecule has 0 bridgehead atoms. The number of hydrogen-bond acceptors (Lipinski definition) is 4. The number of nitrogens with zero attached hydrogens (tertiary/aromatic N) is 2. The summed E-state index contributed by atoms with van der Waals surface area (Å²) in [5.41, 5.74) is 2.33. The van der Waals surface area contributed by atoms with Crippen LogP contribution in [0.4, 0.5) is 0 Å². The van der Waals surface area contributed by atoms with Crippen molar-refractivity contribution in [2.75, 3.05) is 0 Å². The highest BCUT2D eigenvalue weighted by molar-refractivity contribution is 7.78. The SMILES string of the molecule is O=c1c(OC2CCCCC2)c(-c2ccc(CS(=O)O)cc2)cnn1-c1cccc(Cl)c1. The molecule has 1 aromatic heterocycles. The van der Waals surface area contributed by atoms with Gasteiger partial charge in [-0.1, -0.05) is 48.4 Å². The van der Waals surface area contributed by atoms with Crippen LogP contribution in [0.3, 0.4) is 0 Å². The Kier molecular flexibility index (Phi) is 6.85. The van der Waals surface area contributed by atoms with E-state index < -0.39 is 11.1 Å². The number of rotatable bonds is 6. The van der Waals surface area contributed by atoms with Crippen LogP contribution >= 0.6 is 11.6 Å². The van der Waals surface area contributed by atoms with E-state index in [4.69, 9.17) is 20.9 Å². The van der Waals surface area contributed by atoms with E-state index in [1.54, 1.807) is 42.6 Å². The van der Waals surface area contributed by atoms with Gasteiger partial charge in [0.15, 0.2) is 16.8 Å². The molecule has 1 unspecified atom stereocenters. The van der Waals surface area contributed by atoms with Crippen molar-refractivity contribution < 1.29 is 13.5 Å². The van der Waals surface area contributed by atoms with Crippen molar-refractivity contribution in [3.05, 3.63) is 75.7 Å². The van der Waals surface area contributed by atoms with Crippen LogP contribution in [-0.2, 0) is 16.8 Å². The Morgan fingerprint density at radius 2 is 1.87 bits per heavy atom. The van der Waals surface area contributed by atoms with E-state index in [0.29, 0.717) is 16.3 Å². The minimum Gasteiger partial charge on any atom is -0.484 e. The van der Waals surface area contributed by atoms with Gasteiger partial charge in [0.2, 0.25) is 0 Å². The summed E-state index contributed by atoms with van der Waals surface area (Å²) >= 11 is 4.20. The first-order chi connectivity index (χ1) is 15.0. The van der Waals surface area contributed by atoms with Crippen LogP contribution in [-0.4, -0.2) is 24.6 Å². The molecule has 162 valence electrons. The molecule has 0 saturated heterocycles. The van der Waals surface area contributed by atoms with Gasteiger partial charge >= 0.3 is 5.56 Å². The third-order valence-electron chi connectivity index (χ3n) is 5.38. The van der Waals surface area contributed by atoms with Gasteiger partial charge in [0, 0.05) is 10.6 Å². The maximum atomic E-state index is 13.4. The van der Waals surface area contributed by atoms with Gasteiger partial charge < -0.3 is 9.29 Å². The summed E-state index contributed by atoms with van der Waals surface area (Å²) in [6.07, 6.45) is 6.80. The molecule has 0 amide bonds. The molecule has 8 heteroatoms. The molecule has 0 radical (unpaired) electrons. The van der Waals surface area contributed by atoms with Gasteiger partial charge in [-0.25, -0.2) is 4.21 Å². The second-order valence-corrected chi connectivity index (χ2v) is 8.99. The fourth-order valence-corrected chi connectivity index (χ4v) is 4.48. The first kappa shape index (κ1) is 21.7. The lowest BCUT2D eigenvalue weighted by Crippen LogP contribution is -2.28. The summed E-state index contributed by atoms with van der Waals surface area (Å²) in [5.74, 6) is 0.320. The van der Waals surface area contributed by atoms with Crippen LogP contribution < -0.4 is 10.3 Å². The molecule has 1 atom stereocenters. The molecule has 1 heterocycles. The lowest BCUT2D eigenvalue weighted by Gasteiger charge is -2.24. The van der Waals surface area contributed by atoms with Gasteiger partial charge in [0.1, 0.15) is 0 Å². The van der Waals surface area contributed by atoms with Gasteiger partial charge in [-0.15, -0.1) is 0 Å². The normalized spacial score (nSPS) is 15.5. The van der Waals surface area contributed by atoms with E-state index in [1.807, 2.05) is 12.1 Å². The Balaban J connectivity index is 1.77. The highest BCUT2D eigenvalue weighted by Crippen LogP contribution is 2.30. The first-order valence-electron chi connectivity index (χ1n) is 10.2. The van der Waals surface area contributed by atoms with Crippen LogP contribution in [0.1, 0.15) is 37.7 Å². The number of halogens is 1. The molecule has 1 fully saturated rings. The largest absolute Gasteiger partial charge is 0.484 e. The third kappa shape index (κ3) is 5.23. The lowest BCUT2D eigenvalue weighted by molar-refractivity contribution is 0.152. The number of benzene rings is 2. The van der Waals surface area contributed by atoms with Crippen molar-refractivity contribution in [1.29, 1.82) is 0 Å². The molecule has 1 aliphatic carbocycles. The van der Waals surface area contributed by atoms with Crippen molar-refractivity contribution in [2.45, 2.75) is 44.0 Å². The Hall–Kier alpha value is -2.48. The fraction of sp³-hybridized carbons (Fsp3) is 0.304. The molecule has 2 aromatic carbocycles. The van der Waals surface area contributed by atoms with Crippen molar-refractivity contribution >= 4 is 22.7 Å². The molecule has 4 rings (SSSR count). The zero-order valence-electron chi connectivity index (χ0n) is 16.9. The Bertz CT molecular complexity index is 1140. The highest BCUT2D eigenvalue weighted by atomic mass is 35.5. The smallest absolute Gasteiger partial charge is 0.314 e. The van der Waals surface area contributed by atoms with E-state index >= 15 is 0 Å². The van der Waals surface area contributed by atoms with E-state index in [2.05, 4.69) is 5.10 Å². The summed E-state index contributed by atoms with van der Waals surface area (Å²) in [6.45, 7) is 0. The average molecular weight is 459 g/mol. The number of ether oxygens (including phenoxy) is 1. The molecular formula is C23H23ClN2O4S. The summed E-state index contributed by atoms with van der Waals surface area (Å²) in [6, 6.07) is 14.1. The van der Waals surface area contributed by atoms with E-state index in [0.717, 1.165) is 36.8 Å². The summed E-state index contributed by atoms with van der Waals surface area (Å²) < 4.78 is 27.7. The fourth-order valence-electron chi connectivity index (χ4n) is 3.82. The van der Waals surface area contributed by atoms with Crippen molar-refractivity contribution in [3.8, 4) is 22.6 Å². The molecule has 6 nitrogen and oxygen atoms in total. The second-order valence-electron chi connectivity index (χ2n) is 7.62. The van der Waals surface area contributed by atoms with Gasteiger partial charge in [-0.2, -0.15) is 9.78 Å². The van der Waals surface area contributed by atoms with E-state index in [9.17, 15) is 9.00 Å². The molecule has 1 aliphatic rings. The lowest BCUT2D eigenvalue weighted by atomic mass is 9.97. The molecular weight excluding hydrogens is 436 g/mol. The number of aromatic nitrogens is 2. The van der Waals surface area contributed by atoms with Crippen LogP contribution in [0, 0.1) is 0 Å². The van der Waals surface area contributed by atoms with Crippen LogP contribution in [0.25, 0.3) is 16.8 Å². The van der Waals surface area contributed by atoms with Crippen molar-refractivity contribution in [1.82, 2.24) is 9.78 Å². The van der Waals surface area contributed by atoms with Crippen molar-refractivity contribution in [2.24, 2.45) is 0 Å². The Morgan fingerprint density at radius 1 is 1.13 bits per heavy atom. The Morgan fingerprint density at radius 3 is 2.55 bits per heavy atom. The quantitative estimate of drug-likeness (QED) is 0.526. The highest BCUT2D eigenvalue weighted by Gasteiger charge is 2.22. The summed E-state index contributed by atoms with van der Waals surface area (Å²) in [7, 11) is 0. The second kappa shape index (κ2) is 9.77. The van der Waals surface area contributed by atoms with Gasteiger partial charge in [0.25, 0.3) is 0 Å². The minimum atomic E-state index is -1.91. The zero-order valence-corrected chi connectivity index (χ0v) is 18.4. The predicted octanol–water partition coefficient (Wildman–Crippen LogP) is 4.99. The van der Waals surface area contributed by atoms with E-state index in [-0.39, 0.29) is 23.2 Å². The Labute approximate surface area is 188 Å². The monoisotopic (exact) mass is 458 g/mol. The van der Waals surface area contributed by atoms with Crippen LogP contribution in [0.5, 0.6) is 5.75 Å². The van der Waals surface area contributed by atoms with E-state index in [1.165, 1.54) is 11.1 Å². The first-order valence-corrected chi connectivity index (χ1v) is 11.9. The molecule has 3 aromatic rings. The maximum absolute atomic E-state index is 13.4. The maximum Gasteiger partial charge on any atom is 0.314 e. The van der Waals surface area contributed by atoms with Crippen molar-refractivity contribution in [3.63, 3.8) is 0 Å². The molecule has 0 spiro atoms. The average Bonchev–Trinajstić information content (AvgIpc) is 2.76. The van der Waals surface area contributed by atoms with Gasteiger partial charge in [0.05, 0.1) is 23.7 Å².